The Morgan fingerprint density at radius 3 is 2.57 bits per heavy atom. The van der Waals surface area contributed by atoms with Gasteiger partial charge in [0.1, 0.15) is 0 Å². The molecule has 4 nitrogen and oxygen atoms in total. The molecule has 0 saturated heterocycles. The zero-order valence-corrected chi connectivity index (χ0v) is 18.2. The third-order valence-corrected chi connectivity index (χ3v) is 5.48. The van der Waals surface area contributed by atoms with Gasteiger partial charge >= 0.3 is 0 Å². The molecule has 154 valence electrons. The molecule has 0 aliphatic carbocycles. The van der Waals surface area contributed by atoms with Crippen LogP contribution >= 0.6 is 0 Å². The topological polar surface area (TPSA) is 37.3 Å². The molecule has 0 spiro atoms. The maximum Gasteiger partial charge on any atom is 0.237 e. The van der Waals surface area contributed by atoms with E-state index >= 15 is 0 Å². The Morgan fingerprint density at radius 2 is 1.89 bits per heavy atom. The molecule has 4 heteroatoms. The second-order valence-electron chi connectivity index (χ2n) is 8.19. The Morgan fingerprint density at radius 1 is 1.14 bits per heavy atom. The maximum absolute atomic E-state index is 12.9. The van der Waals surface area contributed by atoms with Gasteiger partial charge in [-0.15, -0.1) is 0 Å². The minimum atomic E-state index is 0.182. The molecule has 0 aliphatic rings. The van der Waals surface area contributed by atoms with E-state index in [2.05, 4.69) is 87.1 Å². The summed E-state index contributed by atoms with van der Waals surface area (Å²) in [6.07, 6.45) is 4.16. The molecule has 0 radical (unpaired) electrons. The highest BCUT2D eigenvalue weighted by Crippen LogP contribution is 2.16. The number of aromatic nitrogens is 1. The van der Waals surface area contributed by atoms with E-state index in [9.17, 15) is 4.79 Å². The first-order chi connectivity index (χ1) is 13.4. The first-order valence-corrected chi connectivity index (χ1v) is 10.6. The second kappa shape index (κ2) is 11.1. The molecule has 1 N–H and O–H groups in total. The van der Waals surface area contributed by atoms with Gasteiger partial charge in [0.15, 0.2) is 0 Å². The molecule has 0 bridgehead atoms. The van der Waals surface area contributed by atoms with Crippen LogP contribution in [0.15, 0.2) is 42.6 Å². The van der Waals surface area contributed by atoms with Crippen molar-refractivity contribution in [1.82, 2.24) is 14.8 Å². The number of carbonyl (C=O) groups is 1. The zero-order valence-electron chi connectivity index (χ0n) is 18.2. The van der Waals surface area contributed by atoms with Gasteiger partial charge in [0.2, 0.25) is 5.91 Å². The molecule has 2 aromatic rings. The normalized spacial score (nSPS) is 12.4. The van der Waals surface area contributed by atoms with Crippen molar-refractivity contribution in [1.29, 1.82) is 0 Å². The van der Waals surface area contributed by atoms with Crippen LogP contribution in [0.3, 0.4) is 0 Å². The van der Waals surface area contributed by atoms with Crippen molar-refractivity contribution in [3.8, 4) is 0 Å². The van der Waals surface area contributed by atoms with Crippen LogP contribution in [0.2, 0.25) is 0 Å². The molecule has 1 aromatic carbocycles. The number of rotatable bonds is 11. The molecule has 1 amide bonds. The molecule has 2 rings (SSSR count). The molecule has 0 aliphatic heterocycles. The van der Waals surface area contributed by atoms with Gasteiger partial charge in [-0.2, -0.15) is 0 Å². The quantitative estimate of drug-likeness (QED) is 0.576. The van der Waals surface area contributed by atoms with Gasteiger partial charge in [-0.05, 0) is 62.4 Å². The molecule has 1 atom stereocenters. The fourth-order valence-electron chi connectivity index (χ4n) is 3.29. The van der Waals surface area contributed by atoms with Gasteiger partial charge in [0.05, 0.1) is 13.1 Å². The molecule has 1 aromatic heterocycles. The highest BCUT2D eigenvalue weighted by Gasteiger charge is 2.20. The summed E-state index contributed by atoms with van der Waals surface area (Å²) in [5, 5.41) is 3.32. The lowest BCUT2D eigenvalue weighted by Gasteiger charge is -2.29. The van der Waals surface area contributed by atoms with E-state index in [-0.39, 0.29) is 11.9 Å². The first-order valence-electron chi connectivity index (χ1n) is 10.6. The number of hydrogen-bond acceptors (Lipinski definition) is 2. The smallest absolute Gasteiger partial charge is 0.237 e. The van der Waals surface area contributed by atoms with E-state index in [1.165, 1.54) is 16.8 Å². The fourth-order valence-corrected chi connectivity index (χ4v) is 3.29. The highest BCUT2D eigenvalue weighted by atomic mass is 16.2. The second-order valence-corrected chi connectivity index (χ2v) is 8.19. The van der Waals surface area contributed by atoms with Crippen LogP contribution in [0.1, 0.15) is 57.4 Å². The summed E-state index contributed by atoms with van der Waals surface area (Å²) in [5.41, 5.74) is 3.79. The summed E-state index contributed by atoms with van der Waals surface area (Å²) in [4.78, 5) is 14.9. The van der Waals surface area contributed by atoms with Gasteiger partial charge in [-0.3, -0.25) is 4.79 Å². The van der Waals surface area contributed by atoms with Gasteiger partial charge in [-0.25, -0.2) is 0 Å². The third kappa shape index (κ3) is 6.52. The van der Waals surface area contributed by atoms with Crippen LogP contribution in [0.5, 0.6) is 0 Å². The van der Waals surface area contributed by atoms with Crippen LogP contribution in [-0.4, -0.2) is 34.5 Å². The van der Waals surface area contributed by atoms with Gasteiger partial charge in [0, 0.05) is 24.5 Å². The number of benzene rings is 1. The van der Waals surface area contributed by atoms with E-state index < -0.39 is 0 Å². The Hall–Kier alpha value is -2.07. The average Bonchev–Trinajstić information content (AvgIpc) is 3.11. The standard InChI is InChI=1S/C24H37N3O/c1-6-21(5)27(24(28)16-25-14-13-19(2)3)18-23-12-9-15-26(23)17-22-11-8-7-10-20(22)4/h7-12,15,19,21,25H,6,13-14,16-18H2,1-5H3. The van der Waals surface area contributed by atoms with Crippen molar-refractivity contribution >= 4 is 5.91 Å². The first kappa shape index (κ1) is 22.2. The molecular formula is C24H37N3O. The zero-order chi connectivity index (χ0) is 20.5. The lowest BCUT2D eigenvalue weighted by Crippen LogP contribution is -2.43. The van der Waals surface area contributed by atoms with E-state index in [1.54, 1.807) is 0 Å². The largest absolute Gasteiger partial charge is 0.345 e. The number of nitrogens with zero attached hydrogens (tertiary/aromatic N) is 2. The van der Waals surface area contributed by atoms with Crippen molar-refractivity contribution in [2.45, 2.75) is 66.6 Å². The summed E-state index contributed by atoms with van der Waals surface area (Å²) in [6, 6.07) is 12.9. The Kier molecular flexibility index (Phi) is 8.78. The lowest BCUT2D eigenvalue weighted by atomic mass is 10.1. The highest BCUT2D eigenvalue weighted by molar-refractivity contribution is 5.78. The number of hydrogen-bond donors (Lipinski definition) is 1. The summed E-state index contributed by atoms with van der Waals surface area (Å²) >= 11 is 0. The predicted molar refractivity (Wildman–Crippen MR) is 117 cm³/mol. The minimum absolute atomic E-state index is 0.182. The van der Waals surface area contributed by atoms with Crippen LogP contribution in [0, 0.1) is 12.8 Å². The molecule has 0 fully saturated rings. The molecule has 28 heavy (non-hydrogen) atoms. The molecule has 1 unspecified atom stereocenters. The maximum atomic E-state index is 12.9. The van der Waals surface area contributed by atoms with E-state index in [1.807, 2.05) is 4.90 Å². The fraction of sp³-hybridized carbons (Fsp3) is 0.542. The third-order valence-electron chi connectivity index (χ3n) is 5.48. The number of carbonyl (C=O) groups excluding carboxylic acids is 1. The van der Waals surface area contributed by atoms with Gasteiger partial charge < -0.3 is 14.8 Å². The Balaban J connectivity index is 2.05. The number of nitrogens with one attached hydrogen (secondary N) is 1. The van der Waals surface area contributed by atoms with Crippen LogP contribution < -0.4 is 5.32 Å². The Labute approximate surface area is 170 Å². The van der Waals surface area contributed by atoms with Gasteiger partial charge in [0.25, 0.3) is 0 Å². The van der Waals surface area contributed by atoms with E-state index in [4.69, 9.17) is 0 Å². The summed E-state index contributed by atoms with van der Waals surface area (Å²) < 4.78 is 2.26. The van der Waals surface area contributed by atoms with Crippen molar-refractivity contribution in [3.63, 3.8) is 0 Å². The summed E-state index contributed by atoms with van der Waals surface area (Å²) in [7, 11) is 0. The summed E-state index contributed by atoms with van der Waals surface area (Å²) in [6.45, 7) is 13.6. The minimum Gasteiger partial charge on any atom is -0.345 e. The van der Waals surface area contributed by atoms with Gasteiger partial charge in [-0.1, -0.05) is 45.0 Å². The van der Waals surface area contributed by atoms with Crippen LogP contribution in [0.4, 0.5) is 0 Å². The Bertz CT molecular complexity index is 735. The SMILES string of the molecule is CCC(C)N(Cc1cccn1Cc1ccccc1C)C(=O)CNCCC(C)C. The molecule has 0 saturated carbocycles. The number of aryl methyl sites for hydroxylation is 1. The van der Waals surface area contributed by atoms with Crippen LogP contribution in [-0.2, 0) is 17.9 Å². The predicted octanol–water partition coefficient (Wildman–Crippen LogP) is 4.61. The number of amides is 1. The molecular weight excluding hydrogens is 346 g/mol. The molecule has 1 heterocycles. The van der Waals surface area contributed by atoms with Crippen LogP contribution in [0.25, 0.3) is 0 Å². The van der Waals surface area contributed by atoms with E-state index in [0.717, 1.165) is 25.9 Å². The van der Waals surface area contributed by atoms with Crippen molar-refractivity contribution < 1.29 is 4.79 Å². The average molecular weight is 384 g/mol. The lowest BCUT2D eigenvalue weighted by molar-refractivity contribution is -0.133. The van der Waals surface area contributed by atoms with E-state index in [0.29, 0.717) is 19.0 Å². The monoisotopic (exact) mass is 383 g/mol. The van der Waals surface area contributed by atoms with Crippen molar-refractivity contribution in [2.24, 2.45) is 5.92 Å². The van der Waals surface area contributed by atoms with Crippen molar-refractivity contribution in [3.05, 3.63) is 59.4 Å². The summed E-state index contributed by atoms with van der Waals surface area (Å²) in [5.74, 6) is 0.833. The van der Waals surface area contributed by atoms with Crippen molar-refractivity contribution in [2.75, 3.05) is 13.1 Å².